The maximum absolute atomic E-state index is 10.4. The third kappa shape index (κ3) is 3.56. The van der Waals surface area contributed by atoms with Gasteiger partial charge in [-0.05, 0) is 6.92 Å². The molecule has 0 rings (SSSR count). The van der Waals surface area contributed by atoms with Gasteiger partial charge in [-0.3, -0.25) is 4.79 Å². The lowest BCUT2D eigenvalue weighted by Gasteiger charge is -1.85. The van der Waals surface area contributed by atoms with E-state index in [1.165, 1.54) is 0 Å². The maximum atomic E-state index is 10.4. The summed E-state index contributed by atoms with van der Waals surface area (Å²) in [6.45, 7) is 2.04. The Morgan fingerprint density at radius 2 is 2.38 bits per heavy atom. The standard InChI is InChI=1S/C6H11NO/c1-2-3-4-6(8)5-7/h2-3H,4-5,7H2,1H3. The van der Waals surface area contributed by atoms with Gasteiger partial charge in [-0.1, -0.05) is 12.2 Å². The molecule has 0 spiro atoms. The van der Waals surface area contributed by atoms with Crippen LogP contribution >= 0.6 is 0 Å². The highest BCUT2D eigenvalue weighted by Crippen LogP contribution is 1.81. The molecule has 0 saturated carbocycles. The van der Waals surface area contributed by atoms with Crippen molar-refractivity contribution in [2.75, 3.05) is 6.54 Å². The van der Waals surface area contributed by atoms with Crippen LogP contribution in [0.25, 0.3) is 0 Å². The van der Waals surface area contributed by atoms with Gasteiger partial charge in [-0.15, -0.1) is 0 Å². The molecule has 0 aliphatic rings. The van der Waals surface area contributed by atoms with Crippen LogP contribution in [0.1, 0.15) is 13.3 Å². The second-order valence-corrected chi connectivity index (χ2v) is 1.52. The number of hydrogen-bond donors (Lipinski definition) is 1. The van der Waals surface area contributed by atoms with Gasteiger partial charge in [0.2, 0.25) is 0 Å². The summed E-state index contributed by atoms with van der Waals surface area (Å²) in [6.07, 6.45) is 4.12. The first-order chi connectivity index (χ1) is 3.81. The Hall–Kier alpha value is -0.630. The Balaban J connectivity index is 3.25. The Kier molecular flexibility index (Phi) is 4.17. The topological polar surface area (TPSA) is 43.1 Å². The highest BCUT2D eigenvalue weighted by Gasteiger charge is 1.90. The number of ketones is 1. The van der Waals surface area contributed by atoms with Crippen LogP contribution in [0, 0.1) is 0 Å². The van der Waals surface area contributed by atoms with E-state index in [1.807, 2.05) is 13.0 Å². The quantitative estimate of drug-likeness (QED) is 0.541. The number of carbonyl (C=O) groups excluding carboxylic acids is 1. The molecule has 0 aliphatic heterocycles. The van der Waals surface area contributed by atoms with Gasteiger partial charge in [-0.25, -0.2) is 0 Å². The fourth-order valence-electron chi connectivity index (χ4n) is 0.333. The second kappa shape index (κ2) is 4.53. The molecule has 0 aromatic rings. The first-order valence-electron chi connectivity index (χ1n) is 2.64. The summed E-state index contributed by atoms with van der Waals surface area (Å²) in [5.41, 5.74) is 5.03. The molecular formula is C6H11NO. The minimum atomic E-state index is 0.0862. The van der Waals surface area contributed by atoms with E-state index in [1.54, 1.807) is 6.08 Å². The number of Topliss-reactive ketones (excluding diaryl/α,β-unsaturated/α-hetero) is 1. The Morgan fingerprint density at radius 3 is 2.75 bits per heavy atom. The number of rotatable bonds is 3. The van der Waals surface area contributed by atoms with Crippen LogP contribution in [0.15, 0.2) is 12.2 Å². The van der Waals surface area contributed by atoms with Gasteiger partial charge in [0.25, 0.3) is 0 Å². The van der Waals surface area contributed by atoms with Gasteiger partial charge >= 0.3 is 0 Å². The van der Waals surface area contributed by atoms with E-state index in [-0.39, 0.29) is 12.3 Å². The third-order valence-corrected chi connectivity index (χ3v) is 0.809. The van der Waals surface area contributed by atoms with Crippen molar-refractivity contribution in [3.63, 3.8) is 0 Å². The summed E-state index contributed by atoms with van der Waals surface area (Å²) < 4.78 is 0. The molecule has 0 fully saturated rings. The fourth-order valence-corrected chi connectivity index (χ4v) is 0.333. The highest BCUT2D eigenvalue weighted by molar-refractivity contribution is 5.81. The van der Waals surface area contributed by atoms with Crippen LogP contribution in [0.3, 0.4) is 0 Å². The van der Waals surface area contributed by atoms with E-state index in [9.17, 15) is 4.79 Å². The first-order valence-corrected chi connectivity index (χ1v) is 2.64. The van der Waals surface area contributed by atoms with Crippen LogP contribution in [0.5, 0.6) is 0 Å². The lowest BCUT2D eigenvalue weighted by molar-refractivity contribution is -0.116. The van der Waals surface area contributed by atoms with Crippen LogP contribution in [-0.2, 0) is 4.79 Å². The van der Waals surface area contributed by atoms with Gasteiger partial charge in [0, 0.05) is 6.42 Å². The van der Waals surface area contributed by atoms with Crippen molar-refractivity contribution in [3.05, 3.63) is 12.2 Å². The van der Waals surface area contributed by atoms with Crippen LogP contribution < -0.4 is 5.73 Å². The van der Waals surface area contributed by atoms with Gasteiger partial charge in [0.15, 0.2) is 0 Å². The summed E-state index contributed by atoms with van der Waals surface area (Å²) in [4.78, 5) is 10.4. The monoisotopic (exact) mass is 113 g/mol. The molecule has 0 heterocycles. The molecule has 0 aromatic carbocycles. The van der Waals surface area contributed by atoms with Crippen molar-refractivity contribution in [3.8, 4) is 0 Å². The Bertz CT molecular complexity index is 96.7. The fraction of sp³-hybridized carbons (Fsp3) is 0.500. The summed E-state index contributed by atoms with van der Waals surface area (Å²) in [7, 11) is 0. The summed E-state index contributed by atoms with van der Waals surface area (Å²) in [5.74, 6) is 0.0862. The Morgan fingerprint density at radius 1 is 1.75 bits per heavy atom. The maximum Gasteiger partial charge on any atom is 0.150 e. The van der Waals surface area contributed by atoms with E-state index < -0.39 is 0 Å². The largest absolute Gasteiger partial charge is 0.324 e. The van der Waals surface area contributed by atoms with Gasteiger partial charge in [-0.2, -0.15) is 0 Å². The zero-order chi connectivity index (χ0) is 6.41. The number of carbonyl (C=O) groups is 1. The molecular weight excluding hydrogens is 102 g/mol. The van der Waals surface area contributed by atoms with Crippen molar-refractivity contribution in [1.29, 1.82) is 0 Å². The normalized spacial score (nSPS) is 10.2. The van der Waals surface area contributed by atoms with Crippen molar-refractivity contribution in [1.82, 2.24) is 0 Å². The first kappa shape index (κ1) is 7.37. The smallest absolute Gasteiger partial charge is 0.150 e. The molecule has 2 N–H and O–H groups in total. The number of allylic oxidation sites excluding steroid dienone is 2. The van der Waals surface area contributed by atoms with Crippen LogP contribution in [0.4, 0.5) is 0 Å². The predicted molar refractivity (Wildman–Crippen MR) is 33.5 cm³/mol. The van der Waals surface area contributed by atoms with Gasteiger partial charge in [0.1, 0.15) is 5.78 Å². The van der Waals surface area contributed by atoms with Crippen LogP contribution in [0.2, 0.25) is 0 Å². The van der Waals surface area contributed by atoms with Crippen molar-refractivity contribution >= 4 is 5.78 Å². The van der Waals surface area contributed by atoms with Crippen molar-refractivity contribution < 1.29 is 4.79 Å². The summed E-state index contributed by atoms with van der Waals surface area (Å²) in [6, 6.07) is 0. The SMILES string of the molecule is CC=CCC(=O)CN. The minimum Gasteiger partial charge on any atom is -0.324 e. The van der Waals surface area contributed by atoms with Crippen molar-refractivity contribution in [2.45, 2.75) is 13.3 Å². The number of nitrogens with two attached hydrogens (primary N) is 1. The molecule has 2 nitrogen and oxygen atoms in total. The van der Waals surface area contributed by atoms with E-state index in [4.69, 9.17) is 5.73 Å². The molecule has 46 valence electrons. The number of hydrogen-bond acceptors (Lipinski definition) is 2. The van der Waals surface area contributed by atoms with E-state index in [0.29, 0.717) is 6.42 Å². The summed E-state index contributed by atoms with van der Waals surface area (Å²) >= 11 is 0. The lowest BCUT2D eigenvalue weighted by Crippen LogP contribution is -2.11. The molecule has 8 heavy (non-hydrogen) atoms. The zero-order valence-electron chi connectivity index (χ0n) is 5.05. The average molecular weight is 113 g/mol. The molecule has 0 radical (unpaired) electrons. The summed E-state index contributed by atoms with van der Waals surface area (Å²) in [5, 5.41) is 0. The highest BCUT2D eigenvalue weighted by atomic mass is 16.1. The van der Waals surface area contributed by atoms with E-state index in [2.05, 4.69) is 0 Å². The minimum absolute atomic E-state index is 0.0862. The van der Waals surface area contributed by atoms with Crippen molar-refractivity contribution in [2.24, 2.45) is 5.73 Å². The molecule has 0 unspecified atom stereocenters. The lowest BCUT2D eigenvalue weighted by atomic mass is 10.3. The molecule has 0 bridgehead atoms. The van der Waals surface area contributed by atoms with E-state index in [0.717, 1.165) is 0 Å². The molecule has 0 saturated heterocycles. The van der Waals surface area contributed by atoms with E-state index >= 15 is 0 Å². The second-order valence-electron chi connectivity index (χ2n) is 1.52. The van der Waals surface area contributed by atoms with Gasteiger partial charge in [0.05, 0.1) is 6.54 Å². The molecule has 0 amide bonds. The predicted octanol–water partition coefficient (Wildman–Crippen LogP) is 0.480. The molecule has 0 aromatic heterocycles. The molecule has 2 heteroatoms. The zero-order valence-corrected chi connectivity index (χ0v) is 5.05. The average Bonchev–Trinajstić information content (AvgIpc) is 1.83. The Labute approximate surface area is 49.4 Å². The third-order valence-electron chi connectivity index (χ3n) is 0.809. The van der Waals surface area contributed by atoms with Gasteiger partial charge < -0.3 is 5.73 Å². The molecule has 0 atom stereocenters. The van der Waals surface area contributed by atoms with Crippen LogP contribution in [-0.4, -0.2) is 12.3 Å². The molecule has 0 aliphatic carbocycles.